The number of ether oxygens (including phenoxy) is 2. The molecule has 1 heterocycles. The lowest BCUT2D eigenvalue weighted by atomic mass is 10.1. The SMILES string of the molecule is COc1cccc(OC)c1C(=O)NC(=S)Nc1ccccc1N1CCN(C(C)=O)CC1. The molecule has 2 amide bonds. The van der Waals surface area contributed by atoms with E-state index in [4.69, 9.17) is 21.7 Å². The first-order chi connectivity index (χ1) is 14.9. The normalized spacial score (nSPS) is 13.4. The van der Waals surface area contributed by atoms with E-state index in [1.54, 1.807) is 25.1 Å². The van der Waals surface area contributed by atoms with Crippen molar-refractivity contribution in [3.63, 3.8) is 0 Å². The number of carbonyl (C=O) groups is 2. The molecule has 164 valence electrons. The highest BCUT2D eigenvalue weighted by Crippen LogP contribution is 2.29. The lowest BCUT2D eigenvalue weighted by molar-refractivity contribution is -0.129. The van der Waals surface area contributed by atoms with Gasteiger partial charge in [-0.25, -0.2) is 0 Å². The van der Waals surface area contributed by atoms with E-state index >= 15 is 0 Å². The van der Waals surface area contributed by atoms with E-state index in [1.165, 1.54) is 14.2 Å². The van der Waals surface area contributed by atoms with Crippen LogP contribution in [-0.4, -0.2) is 62.2 Å². The van der Waals surface area contributed by atoms with Crippen LogP contribution in [0.15, 0.2) is 42.5 Å². The van der Waals surface area contributed by atoms with Gasteiger partial charge in [0.15, 0.2) is 5.11 Å². The lowest BCUT2D eigenvalue weighted by Crippen LogP contribution is -2.48. The third-order valence-corrected chi connectivity index (χ3v) is 5.30. The fourth-order valence-electron chi connectivity index (χ4n) is 3.51. The Bertz CT molecular complexity index is 951. The van der Waals surface area contributed by atoms with E-state index in [9.17, 15) is 9.59 Å². The second-order valence-corrected chi connectivity index (χ2v) is 7.36. The number of rotatable bonds is 5. The van der Waals surface area contributed by atoms with Crippen LogP contribution in [-0.2, 0) is 4.79 Å². The largest absolute Gasteiger partial charge is 0.496 e. The molecule has 0 spiro atoms. The highest BCUT2D eigenvalue weighted by atomic mass is 32.1. The van der Waals surface area contributed by atoms with E-state index in [0.717, 1.165) is 24.5 Å². The van der Waals surface area contributed by atoms with Crippen molar-refractivity contribution in [1.29, 1.82) is 0 Å². The first kappa shape index (κ1) is 22.4. The zero-order valence-electron chi connectivity index (χ0n) is 17.8. The molecule has 8 nitrogen and oxygen atoms in total. The molecule has 31 heavy (non-hydrogen) atoms. The topological polar surface area (TPSA) is 83.1 Å². The highest BCUT2D eigenvalue weighted by Gasteiger charge is 2.22. The maximum atomic E-state index is 12.8. The van der Waals surface area contributed by atoms with Gasteiger partial charge in [0.25, 0.3) is 5.91 Å². The molecular formula is C22H26N4O4S. The zero-order valence-corrected chi connectivity index (χ0v) is 18.6. The first-order valence-electron chi connectivity index (χ1n) is 9.87. The van der Waals surface area contributed by atoms with Crippen LogP contribution in [0.25, 0.3) is 0 Å². The monoisotopic (exact) mass is 442 g/mol. The van der Waals surface area contributed by atoms with Crippen molar-refractivity contribution in [1.82, 2.24) is 10.2 Å². The van der Waals surface area contributed by atoms with Crippen LogP contribution < -0.4 is 25.0 Å². The minimum Gasteiger partial charge on any atom is -0.496 e. The molecule has 1 aliphatic rings. The summed E-state index contributed by atoms with van der Waals surface area (Å²) in [7, 11) is 2.98. The summed E-state index contributed by atoms with van der Waals surface area (Å²) in [5.41, 5.74) is 2.00. The number of nitrogens with one attached hydrogen (secondary N) is 2. The maximum absolute atomic E-state index is 12.8. The molecule has 0 saturated carbocycles. The fraction of sp³-hybridized carbons (Fsp3) is 0.318. The molecule has 0 aromatic heterocycles. The maximum Gasteiger partial charge on any atom is 0.264 e. The van der Waals surface area contributed by atoms with Crippen LogP contribution in [0, 0.1) is 0 Å². The Kier molecular flexibility index (Phi) is 7.30. The molecule has 0 unspecified atom stereocenters. The number of nitrogens with zero attached hydrogens (tertiary/aromatic N) is 2. The molecule has 1 saturated heterocycles. The van der Waals surface area contributed by atoms with Crippen LogP contribution in [0.3, 0.4) is 0 Å². The number of thiocarbonyl (C=S) groups is 1. The summed E-state index contributed by atoms with van der Waals surface area (Å²) in [4.78, 5) is 28.5. The van der Waals surface area contributed by atoms with Gasteiger partial charge in [-0.15, -0.1) is 0 Å². The number of benzene rings is 2. The number of piperazine rings is 1. The molecule has 0 aliphatic carbocycles. The zero-order chi connectivity index (χ0) is 22.4. The number of hydrogen-bond acceptors (Lipinski definition) is 6. The number of amides is 2. The van der Waals surface area contributed by atoms with Gasteiger partial charge in [-0.2, -0.15) is 0 Å². The van der Waals surface area contributed by atoms with Crippen molar-refractivity contribution in [2.24, 2.45) is 0 Å². The van der Waals surface area contributed by atoms with Gasteiger partial charge >= 0.3 is 0 Å². The van der Waals surface area contributed by atoms with Crippen LogP contribution in [0.5, 0.6) is 11.5 Å². The van der Waals surface area contributed by atoms with Gasteiger partial charge in [-0.3, -0.25) is 14.9 Å². The fourth-order valence-corrected chi connectivity index (χ4v) is 3.71. The highest BCUT2D eigenvalue weighted by molar-refractivity contribution is 7.80. The molecule has 2 aromatic carbocycles. The van der Waals surface area contributed by atoms with E-state index in [-0.39, 0.29) is 16.6 Å². The van der Waals surface area contributed by atoms with Gasteiger partial charge in [-0.05, 0) is 36.5 Å². The Morgan fingerprint density at radius 1 is 0.935 bits per heavy atom. The van der Waals surface area contributed by atoms with Crippen molar-refractivity contribution in [2.75, 3.05) is 50.6 Å². The van der Waals surface area contributed by atoms with E-state index in [0.29, 0.717) is 24.6 Å². The third-order valence-electron chi connectivity index (χ3n) is 5.10. The van der Waals surface area contributed by atoms with Crippen LogP contribution in [0.1, 0.15) is 17.3 Å². The summed E-state index contributed by atoms with van der Waals surface area (Å²) in [5.74, 6) is 0.438. The van der Waals surface area contributed by atoms with Crippen LogP contribution in [0.4, 0.5) is 11.4 Å². The molecule has 0 atom stereocenters. The van der Waals surface area contributed by atoms with Gasteiger partial charge in [0.1, 0.15) is 17.1 Å². The Morgan fingerprint density at radius 2 is 1.55 bits per heavy atom. The molecule has 0 radical (unpaired) electrons. The minimum absolute atomic E-state index is 0.0849. The predicted molar refractivity (Wildman–Crippen MR) is 124 cm³/mol. The van der Waals surface area contributed by atoms with Crippen molar-refractivity contribution < 1.29 is 19.1 Å². The van der Waals surface area contributed by atoms with E-state index in [2.05, 4.69) is 15.5 Å². The predicted octanol–water partition coefficient (Wildman–Crippen LogP) is 2.50. The standard InChI is InChI=1S/C22H26N4O4S/c1-15(27)25-11-13-26(14-12-25)17-8-5-4-7-16(17)23-22(31)24-21(28)20-18(29-2)9-6-10-19(20)30-3/h4-10H,11-14H2,1-3H3,(H2,23,24,28,31). The molecular weight excluding hydrogens is 416 g/mol. The van der Waals surface area contributed by atoms with Crippen molar-refractivity contribution in [3.05, 3.63) is 48.0 Å². The molecule has 2 N–H and O–H groups in total. The van der Waals surface area contributed by atoms with Crippen LogP contribution in [0.2, 0.25) is 0 Å². The summed E-state index contributed by atoms with van der Waals surface area (Å²) in [5, 5.41) is 5.97. The van der Waals surface area contributed by atoms with Gasteiger partial charge in [0.2, 0.25) is 5.91 Å². The number of para-hydroxylation sites is 2. The van der Waals surface area contributed by atoms with E-state index < -0.39 is 5.91 Å². The van der Waals surface area contributed by atoms with E-state index in [1.807, 2.05) is 29.2 Å². The Morgan fingerprint density at radius 3 is 2.13 bits per heavy atom. The summed E-state index contributed by atoms with van der Waals surface area (Å²) in [6.45, 7) is 4.35. The van der Waals surface area contributed by atoms with Gasteiger partial charge in [0, 0.05) is 33.1 Å². The Labute approximate surface area is 187 Å². The average Bonchev–Trinajstić information content (AvgIpc) is 2.78. The molecule has 3 rings (SSSR count). The van der Waals surface area contributed by atoms with Crippen molar-refractivity contribution >= 4 is 40.5 Å². The molecule has 1 aliphatic heterocycles. The van der Waals surface area contributed by atoms with Crippen molar-refractivity contribution in [3.8, 4) is 11.5 Å². The average molecular weight is 443 g/mol. The first-order valence-corrected chi connectivity index (χ1v) is 10.3. The Balaban J connectivity index is 1.71. The van der Waals surface area contributed by atoms with Gasteiger partial charge < -0.3 is 24.6 Å². The Hall–Kier alpha value is -3.33. The summed E-state index contributed by atoms with van der Waals surface area (Å²) < 4.78 is 10.6. The second kappa shape index (κ2) is 10.1. The van der Waals surface area contributed by atoms with Gasteiger partial charge in [-0.1, -0.05) is 18.2 Å². The number of hydrogen-bond donors (Lipinski definition) is 2. The smallest absolute Gasteiger partial charge is 0.264 e. The summed E-state index contributed by atoms with van der Waals surface area (Å²) in [6.07, 6.45) is 0. The molecule has 2 aromatic rings. The number of carbonyl (C=O) groups excluding carboxylic acids is 2. The number of anilines is 2. The second-order valence-electron chi connectivity index (χ2n) is 6.96. The third kappa shape index (κ3) is 5.24. The van der Waals surface area contributed by atoms with Crippen LogP contribution >= 0.6 is 12.2 Å². The molecule has 1 fully saturated rings. The molecule has 9 heteroatoms. The number of methoxy groups -OCH3 is 2. The minimum atomic E-state index is -0.431. The quantitative estimate of drug-likeness (QED) is 0.689. The van der Waals surface area contributed by atoms with Crippen molar-refractivity contribution in [2.45, 2.75) is 6.92 Å². The lowest BCUT2D eigenvalue weighted by Gasteiger charge is -2.36. The van der Waals surface area contributed by atoms with Gasteiger partial charge in [0.05, 0.1) is 25.6 Å². The molecule has 0 bridgehead atoms. The summed E-state index contributed by atoms with van der Waals surface area (Å²) >= 11 is 5.39. The summed E-state index contributed by atoms with van der Waals surface area (Å²) in [6, 6.07) is 12.8.